The van der Waals surface area contributed by atoms with Gasteiger partial charge in [0.2, 0.25) is 0 Å². The van der Waals surface area contributed by atoms with Gasteiger partial charge in [-0.25, -0.2) is 22.8 Å². The maximum atomic E-state index is 13.0. The number of hydrogen-bond acceptors (Lipinski definition) is 6. The predicted octanol–water partition coefficient (Wildman–Crippen LogP) is 2.55. The average molecular weight is 378 g/mol. The van der Waals surface area contributed by atoms with Crippen molar-refractivity contribution in [2.75, 3.05) is 28.3 Å². The zero-order chi connectivity index (χ0) is 18.7. The normalized spacial score (nSPS) is 18.7. The van der Waals surface area contributed by atoms with E-state index in [1.54, 1.807) is 12.1 Å². The van der Waals surface area contributed by atoms with E-state index in [9.17, 15) is 12.8 Å². The lowest BCUT2D eigenvalue weighted by Gasteiger charge is -2.28. The molecule has 0 amide bonds. The number of anilines is 2. The molecule has 0 bridgehead atoms. The number of nitrogens with one attached hydrogen (secondary N) is 1. The van der Waals surface area contributed by atoms with Crippen molar-refractivity contribution in [2.24, 2.45) is 0 Å². The summed E-state index contributed by atoms with van der Waals surface area (Å²) in [5.41, 5.74) is 0.943. The summed E-state index contributed by atoms with van der Waals surface area (Å²) in [4.78, 5) is 10.9. The maximum Gasteiger partial charge on any atom is 0.152 e. The number of hydrogen-bond donors (Lipinski definition) is 1. The van der Waals surface area contributed by atoms with Crippen LogP contribution in [-0.4, -0.2) is 42.5 Å². The summed E-state index contributed by atoms with van der Waals surface area (Å²) in [6.45, 7) is 4.99. The molecular weight excluding hydrogens is 355 g/mol. The monoisotopic (exact) mass is 378 g/mol. The SMILES string of the molecule is CCN(c1cc(NCc2ccc(F)cc2)nc(C)n1)C1CCS(=O)(=O)C1. The molecule has 3 rings (SSSR count). The lowest BCUT2D eigenvalue weighted by atomic mass is 10.2. The Hall–Kier alpha value is -2.22. The molecule has 26 heavy (non-hydrogen) atoms. The molecule has 8 heteroatoms. The van der Waals surface area contributed by atoms with E-state index in [-0.39, 0.29) is 23.4 Å². The van der Waals surface area contributed by atoms with Crippen LogP contribution in [0.3, 0.4) is 0 Å². The fraction of sp³-hybridized carbons (Fsp3) is 0.444. The van der Waals surface area contributed by atoms with E-state index in [2.05, 4.69) is 15.3 Å². The standard InChI is InChI=1S/C18H23FN4O2S/c1-3-23(16-8-9-26(24,25)12-16)18-10-17(21-13(2)22-18)20-11-14-4-6-15(19)7-5-14/h4-7,10,16H,3,8-9,11-12H2,1-2H3,(H,20,21,22). The van der Waals surface area contributed by atoms with Gasteiger partial charge in [0.25, 0.3) is 0 Å². The number of aryl methyl sites for hydroxylation is 1. The Morgan fingerprint density at radius 3 is 2.62 bits per heavy atom. The number of aromatic nitrogens is 2. The van der Waals surface area contributed by atoms with Gasteiger partial charge in [-0.05, 0) is 38.0 Å². The van der Waals surface area contributed by atoms with Crippen LogP contribution in [0.25, 0.3) is 0 Å². The van der Waals surface area contributed by atoms with Crippen LogP contribution in [0.4, 0.5) is 16.0 Å². The zero-order valence-corrected chi connectivity index (χ0v) is 15.8. The molecule has 1 saturated heterocycles. The van der Waals surface area contributed by atoms with Crippen LogP contribution in [0.15, 0.2) is 30.3 Å². The third kappa shape index (κ3) is 4.49. The van der Waals surface area contributed by atoms with E-state index >= 15 is 0 Å². The molecule has 0 spiro atoms. The topological polar surface area (TPSA) is 75.2 Å². The Kier molecular flexibility index (Phi) is 5.41. The van der Waals surface area contributed by atoms with Gasteiger partial charge in [-0.2, -0.15) is 0 Å². The largest absolute Gasteiger partial charge is 0.366 e. The quantitative estimate of drug-likeness (QED) is 0.833. The summed E-state index contributed by atoms with van der Waals surface area (Å²) in [5.74, 6) is 2.14. The molecule has 2 aromatic rings. The van der Waals surface area contributed by atoms with Crippen molar-refractivity contribution in [3.63, 3.8) is 0 Å². The van der Waals surface area contributed by atoms with Crippen molar-refractivity contribution < 1.29 is 12.8 Å². The van der Waals surface area contributed by atoms with Crippen molar-refractivity contribution in [1.82, 2.24) is 9.97 Å². The molecule has 2 heterocycles. The highest BCUT2D eigenvalue weighted by molar-refractivity contribution is 7.91. The van der Waals surface area contributed by atoms with Crippen LogP contribution in [0.5, 0.6) is 0 Å². The van der Waals surface area contributed by atoms with Gasteiger partial charge in [-0.1, -0.05) is 12.1 Å². The molecule has 0 saturated carbocycles. The second-order valence-corrected chi connectivity index (χ2v) is 8.71. The molecule has 140 valence electrons. The van der Waals surface area contributed by atoms with Crippen molar-refractivity contribution in [2.45, 2.75) is 32.9 Å². The van der Waals surface area contributed by atoms with Gasteiger partial charge < -0.3 is 10.2 Å². The molecule has 1 N–H and O–H groups in total. The third-order valence-corrected chi connectivity index (χ3v) is 6.25. The van der Waals surface area contributed by atoms with Gasteiger partial charge in [0.05, 0.1) is 11.5 Å². The van der Waals surface area contributed by atoms with Crippen LogP contribution in [0.1, 0.15) is 24.7 Å². The third-order valence-electron chi connectivity index (χ3n) is 4.50. The maximum absolute atomic E-state index is 13.0. The highest BCUT2D eigenvalue weighted by Gasteiger charge is 2.32. The second kappa shape index (κ2) is 7.57. The molecule has 1 aliphatic rings. The van der Waals surface area contributed by atoms with Crippen molar-refractivity contribution in [1.29, 1.82) is 0 Å². The van der Waals surface area contributed by atoms with E-state index in [0.29, 0.717) is 31.2 Å². The average Bonchev–Trinajstić information content (AvgIpc) is 2.94. The van der Waals surface area contributed by atoms with Crippen molar-refractivity contribution in [3.05, 3.63) is 47.5 Å². The van der Waals surface area contributed by atoms with Crippen molar-refractivity contribution >= 4 is 21.5 Å². The second-order valence-electron chi connectivity index (χ2n) is 6.48. The lowest BCUT2D eigenvalue weighted by molar-refractivity contribution is 0.599. The first kappa shape index (κ1) is 18.6. The van der Waals surface area contributed by atoms with Gasteiger partial charge in [0, 0.05) is 25.2 Å². The molecule has 1 atom stereocenters. The molecule has 0 aliphatic carbocycles. The highest BCUT2D eigenvalue weighted by Crippen LogP contribution is 2.24. The minimum atomic E-state index is -2.96. The van der Waals surface area contributed by atoms with Gasteiger partial charge in [-0.3, -0.25) is 0 Å². The highest BCUT2D eigenvalue weighted by atomic mass is 32.2. The van der Waals surface area contributed by atoms with Crippen LogP contribution in [-0.2, 0) is 16.4 Å². The molecule has 1 fully saturated rings. The van der Waals surface area contributed by atoms with Gasteiger partial charge in [0.15, 0.2) is 9.84 Å². The summed E-state index contributed by atoms with van der Waals surface area (Å²) in [5, 5.41) is 3.23. The van der Waals surface area contributed by atoms with Crippen LogP contribution in [0, 0.1) is 12.7 Å². The summed E-state index contributed by atoms with van der Waals surface area (Å²) >= 11 is 0. The zero-order valence-electron chi connectivity index (χ0n) is 14.9. The number of benzene rings is 1. The fourth-order valence-electron chi connectivity index (χ4n) is 3.21. The smallest absolute Gasteiger partial charge is 0.152 e. The van der Waals surface area contributed by atoms with Gasteiger partial charge in [0.1, 0.15) is 23.3 Å². The molecule has 1 aliphatic heterocycles. The molecule has 6 nitrogen and oxygen atoms in total. The molecular formula is C18H23FN4O2S. The van der Waals surface area contributed by atoms with Crippen molar-refractivity contribution in [3.8, 4) is 0 Å². The first-order valence-corrected chi connectivity index (χ1v) is 10.5. The molecule has 1 aromatic carbocycles. The number of nitrogens with zero attached hydrogens (tertiary/aromatic N) is 3. The first-order valence-electron chi connectivity index (χ1n) is 8.67. The Labute approximate surface area is 153 Å². The molecule has 0 radical (unpaired) electrons. The Balaban J connectivity index is 1.76. The number of rotatable bonds is 6. The Morgan fingerprint density at radius 2 is 2.00 bits per heavy atom. The summed E-state index contributed by atoms with van der Waals surface area (Å²) in [7, 11) is -2.96. The Morgan fingerprint density at radius 1 is 1.27 bits per heavy atom. The lowest BCUT2D eigenvalue weighted by Crippen LogP contribution is -2.37. The molecule has 1 unspecified atom stereocenters. The van der Waals surface area contributed by atoms with E-state index in [1.807, 2.05) is 24.8 Å². The van der Waals surface area contributed by atoms with E-state index in [1.165, 1.54) is 12.1 Å². The summed E-state index contributed by atoms with van der Waals surface area (Å²) in [6, 6.07) is 8.08. The van der Waals surface area contributed by atoms with Gasteiger partial charge >= 0.3 is 0 Å². The van der Waals surface area contributed by atoms with Crippen LogP contribution >= 0.6 is 0 Å². The van der Waals surface area contributed by atoms with Crippen LogP contribution < -0.4 is 10.2 Å². The number of sulfone groups is 1. The van der Waals surface area contributed by atoms with Gasteiger partial charge in [-0.15, -0.1) is 0 Å². The fourth-order valence-corrected chi connectivity index (χ4v) is 4.94. The summed E-state index contributed by atoms with van der Waals surface area (Å²) in [6.07, 6.45) is 0.623. The first-order chi connectivity index (χ1) is 12.4. The number of halogens is 1. The Bertz CT molecular complexity index is 871. The van der Waals surface area contributed by atoms with Crippen LogP contribution in [0.2, 0.25) is 0 Å². The minimum Gasteiger partial charge on any atom is -0.366 e. The van der Waals surface area contributed by atoms with E-state index < -0.39 is 9.84 Å². The predicted molar refractivity (Wildman–Crippen MR) is 101 cm³/mol. The van der Waals surface area contributed by atoms with E-state index in [4.69, 9.17) is 0 Å². The minimum absolute atomic E-state index is 0.0516. The molecule has 1 aromatic heterocycles. The van der Waals surface area contributed by atoms with E-state index in [0.717, 1.165) is 11.4 Å². The summed E-state index contributed by atoms with van der Waals surface area (Å²) < 4.78 is 36.6.